The lowest BCUT2D eigenvalue weighted by Crippen LogP contribution is -2.56. The van der Waals surface area contributed by atoms with Gasteiger partial charge in [-0.1, -0.05) is 5.16 Å². The quantitative estimate of drug-likeness (QED) is 0.754. The Balaban J connectivity index is 1.40. The van der Waals surface area contributed by atoms with Crippen LogP contribution in [0, 0.1) is 0 Å². The lowest BCUT2D eigenvalue weighted by molar-refractivity contribution is -0.151. The van der Waals surface area contributed by atoms with E-state index in [2.05, 4.69) is 9.52 Å². The number of alkyl halides is 1. The van der Waals surface area contributed by atoms with E-state index in [0.29, 0.717) is 38.1 Å². The first kappa shape index (κ1) is 18.5. The van der Waals surface area contributed by atoms with Gasteiger partial charge in [-0.15, -0.1) is 0 Å². The molecule has 0 atom stereocenters. The second-order valence-corrected chi connectivity index (χ2v) is 10.1. The minimum atomic E-state index is -2.76. The van der Waals surface area contributed by atoms with E-state index in [1.807, 2.05) is 0 Å². The summed E-state index contributed by atoms with van der Waals surface area (Å²) < 4.78 is 41.1. The minimum absolute atomic E-state index is 0.0415. The predicted molar refractivity (Wildman–Crippen MR) is 93.1 cm³/mol. The van der Waals surface area contributed by atoms with E-state index in [1.165, 1.54) is 12.5 Å². The highest BCUT2D eigenvalue weighted by molar-refractivity contribution is 7.93. The Morgan fingerprint density at radius 1 is 1.30 bits per heavy atom. The van der Waals surface area contributed by atoms with E-state index in [4.69, 9.17) is 9.26 Å². The average molecular weight is 399 g/mol. The lowest BCUT2D eigenvalue weighted by Gasteiger charge is -2.45. The topological polar surface area (TPSA) is 102 Å². The minimum Gasteiger partial charge on any atom is -0.371 e. The Morgan fingerprint density at radius 2 is 2.04 bits per heavy atom. The summed E-state index contributed by atoms with van der Waals surface area (Å²) in [5, 5.41) is 3.60. The van der Waals surface area contributed by atoms with Crippen LogP contribution in [-0.4, -0.2) is 68.6 Å². The maximum Gasteiger partial charge on any atom is 0.291 e. The van der Waals surface area contributed by atoms with Crippen LogP contribution in [0.3, 0.4) is 0 Å². The van der Waals surface area contributed by atoms with Crippen molar-refractivity contribution in [2.24, 2.45) is 4.36 Å². The van der Waals surface area contributed by atoms with Crippen LogP contribution in [-0.2, 0) is 30.5 Å². The van der Waals surface area contributed by atoms with Crippen LogP contribution in [0.15, 0.2) is 21.3 Å². The SMILES string of the molecule is O=C(Cc1cnoc1)N1CCOC2(CCS(=O)(=NC(=O)C3(F)CC3)CC2)C1. The number of carbonyl (C=O) groups excluding carboxylic acids is 2. The fraction of sp³-hybridized carbons (Fsp3) is 0.706. The van der Waals surface area contributed by atoms with Gasteiger partial charge in [0.1, 0.15) is 6.26 Å². The Hall–Kier alpha value is -1.81. The smallest absolute Gasteiger partial charge is 0.291 e. The molecular formula is C17H22FN3O5S. The molecule has 2 aliphatic heterocycles. The van der Waals surface area contributed by atoms with Gasteiger partial charge in [-0.2, -0.15) is 4.36 Å². The molecule has 1 aromatic rings. The molecule has 27 heavy (non-hydrogen) atoms. The molecule has 1 spiro atoms. The third kappa shape index (κ3) is 3.91. The molecule has 1 aromatic heterocycles. The van der Waals surface area contributed by atoms with Crippen LogP contribution in [0.25, 0.3) is 0 Å². The number of amides is 2. The Bertz CT molecular complexity index is 844. The fourth-order valence-corrected chi connectivity index (χ4v) is 5.76. The van der Waals surface area contributed by atoms with Crippen LogP contribution < -0.4 is 0 Å². The molecule has 0 bridgehead atoms. The summed E-state index contributed by atoms with van der Waals surface area (Å²) in [5.74, 6) is -0.552. The number of hydrogen-bond acceptors (Lipinski definition) is 6. The average Bonchev–Trinajstić information content (AvgIpc) is 3.20. The van der Waals surface area contributed by atoms with Crippen LogP contribution in [0.1, 0.15) is 31.2 Å². The van der Waals surface area contributed by atoms with E-state index in [-0.39, 0.29) is 36.7 Å². The molecule has 1 aliphatic carbocycles. The number of ether oxygens (including phenoxy) is 1. The summed E-state index contributed by atoms with van der Waals surface area (Å²) in [4.78, 5) is 26.1. The number of carbonyl (C=O) groups is 2. The van der Waals surface area contributed by atoms with Gasteiger partial charge in [-0.05, 0) is 25.7 Å². The molecule has 10 heteroatoms. The zero-order chi connectivity index (χ0) is 19.1. The zero-order valence-electron chi connectivity index (χ0n) is 14.9. The highest BCUT2D eigenvalue weighted by Gasteiger charge is 2.52. The van der Waals surface area contributed by atoms with Crippen LogP contribution in [0.4, 0.5) is 4.39 Å². The molecule has 0 aromatic carbocycles. The molecule has 1 saturated carbocycles. The summed E-state index contributed by atoms with van der Waals surface area (Å²) in [7, 11) is -2.76. The van der Waals surface area contributed by atoms with E-state index in [0.717, 1.165) is 0 Å². The molecule has 0 N–H and O–H groups in total. The maximum atomic E-state index is 13.8. The fourth-order valence-electron chi connectivity index (χ4n) is 3.53. The standard InChI is InChI=1S/C17H22FN3O5S/c18-17(1-2-17)15(23)20-27(24)7-3-16(4-8-27)12-21(5-6-25-16)14(22)9-13-10-19-26-11-13/h10-11H,1-9,12H2. The number of morpholine rings is 1. The first-order chi connectivity index (χ1) is 12.8. The monoisotopic (exact) mass is 399 g/mol. The van der Waals surface area contributed by atoms with Crippen LogP contribution >= 0.6 is 0 Å². The van der Waals surface area contributed by atoms with Gasteiger partial charge in [0.15, 0.2) is 5.67 Å². The van der Waals surface area contributed by atoms with Crippen LogP contribution in [0.5, 0.6) is 0 Å². The van der Waals surface area contributed by atoms with E-state index in [9.17, 15) is 18.2 Å². The second-order valence-electron chi connectivity index (χ2n) is 7.60. The van der Waals surface area contributed by atoms with Crippen molar-refractivity contribution in [3.8, 4) is 0 Å². The molecule has 0 radical (unpaired) electrons. The number of halogens is 1. The maximum absolute atomic E-state index is 13.8. The van der Waals surface area contributed by atoms with Crippen molar-refractivity contribution in [2.45, 2.75) is 43.4 Å². The van der Waals surface area contributed by atoms with Crippen molar-refractivity contribution in [3.05, 3.63) is 18.0 Å². The number of hydrogen-bond donors (Lipinski definition) is 0. The summed E-state index contributed by atoms with van der Waals surface area (Å²) in [6.07, 6.45) is 4.36. The van der Waals surface area contributed by atoms with Gasteiger partial charge in [-0.3, -0.25) is 9.59 Å². The third-order valence-electron chi connectivity index (χ3n) is 5.51. The number of rotatable bonds is 3. The third-order valence-corrected chi connectivity index (χ3v) is 7.70. The Kier molecular flexibility index (Phi) is 4.58. The molecule has 148 valence electrons. The summed E-state index contributed by atoms with van der Waals surface area (Å²) in [5.41, 5.74) is -1.74. The van der Waals surface area contributed by atoms with Gasteiger partial charge in [0.05, 0.1) is 34.6 Å². The molecule has 0 unspecified atom stereocenters. The first-order valence-corrected chi connectivity index (χ1v) is 10.9. The second kappa shape index (κ2) is 6.66. The predicted octanol–water partition coefficient (Wildman–Crippen LogP) is 1.11. The Morgan fingerprint density at radius 3 is 2.67 bits per heavy atom. The van der Waals surface area contributed by atoms with E-state index >= 15 is 0 Å². The lowest BCUT2D eigenvalue weighted by atomic mass is 9.94. The molecule has 2 amide bonds. The van der Waals surface area contributed by atoms with Gasteiger partial charge in [0.25, 0.3) is 5.91 Å². The molecule has 8 nitrogen and oxygen atoms in total. The van der Waals surface area contributed by atoms with Crippen LogP contribution in [0.2, 0.25) is 0 Å². The van der Waals surface area contributed by atoms with E-state index < -0.39 is 26.9 Å². The molecule has 3 heterocycles. The molecule has 2 saturated heterocycles. The molecule has 3 fully saturated rings. The Labute approximate surface area is 156 Å². The first-order valence-electron chi connectivity index (χ1n) is 9.07. The van der Waals surface area contributed by atoms with Crippen molar-refractivity contribution in [3.63, 3.8) is 0 Å². The van der Waals surface area contributed by atoms with Crippen molar-refractivity contribution < 1.29 is 27.4 Å². The van der Waals surface area contributed by atoms with Crippen molar-refractivity contribution in [1.29, 1.82) is 0 Å². The summed E-state index contributed by atoms with van der Waals surface area (Å²) in [6.45, 7) is 1.31. The highest BCUT2D eigenvalue weighted by atomic mass is 32.2. The van der Waals surface area contributed by atoms with Gasteiger partial charge in [0.2, 0.25) is 5.91 Å². The summed E-state index contributed by atoms with van der Waals surface area (Å²) in [6, 6.07) is 0. The van der Waals surface area contributed by atoms with E-state index in [1.54, 1.807) is 4.90 Å². The number of aromatic nitrogens is 1. The molecule has 4 rings (SSSR count). The highest BCUT2D eigenvalue weighted by Crippen LogP contribution is 2.41. The van der Waals surface area contributed by atoms with Gasteiger partial charge < -0.3 is 14.2 Å². The largest absolute Gasteiger partial charge is 0.371 e. The zero-order valence-corrected chi connectivity index (χ0v) is 15.7. The van der Waals surface area contributed by atoms with Gasteiger partial charge in [-0.25, -0.2) is 8.60 Å². The number of nitrogens with zero attached hydrogens (tertiary/aromatic N) is 3. The van der Waals surface area contributed by atoms with Crippen molar-refractivity contribution in [2.75, 3.05) is 31.2 Å². The summed E-state index contributed by atoms with van der Waals surface area (Å²) >= 11 is 0. The van der Waals surface area contributed by atoms with Gasteiger partial charge >= 0.3 is 0 Å². The molecule has 3 aliphatic rings. The van der Waals surface area contributed by atoms with Gasteiger partial charge in [0, 0.05) is 30.2 Å². The van der Waals surface area contributed by atoms with Crippen molar-refractivity contribution in [1.82, 2.24) is 10.1 Å². The normalized spacial score (nSPS) is 32.3. The molecular weight excluding hydrogens is 377 g/mol. The van der Waals surface area contributed by atoms with Crippen molar-refractivity contribution >= 4 is 21.5 Å².